The van der Waals surface area contributed by atoms with Crippen LogP contribution in [0.5, 0.6) is 5.88 Å². The van der Waals surface area contributed by atoms with E-state index in [-0.39, 0.29) is 23.4 Å². The lowest BCUT2D eigenvalue weighted by molar-refractivity contribution is -0.385. The lowest BCUT2D eigenvalue weighted by Crippen LogP contribution is -2.17. The highest BCUT2D eigenvalue weighted by Gasteiger charge is 2.28. The number of thiophene rings is 1. The molecule has 0 amide bonds. The summed E-state index contributed by atoms with van der Waals surface area (Å²) >= 11 is 1.73. The number of anilines is 1. The van der Waals surface area contributed by atoms with Gasteiger partial charge in [0.15, 0.2) is 0 Å². The molecule has 0 radical (unpaired) electrons. The van der Waals surface area contributed by atoms with E-state index in [1.165, 1.54) is 23.9 Å². The highest BCUT2D eigenvalue weighted by Crippen LogP contribution is 2.38. The SMILES string of the molecule is COc1ncnc(NC2CCCc3sccc32)c1[N+](=O)[O-]. The van der Waals surface area contributed by atoms with E-state index in [4.69, 9.17) is 4.74 Å². The lowest BCUT2D eigenvalue weighted by atomic mass is 9.94. The highest BCUT2D eigenvalue weighted by atomic mass is 32.1. The molecule has 0 aromatic carbocycles. The van der Waals surface area contributed by atoms with E-state index in [0.29, 0.717) is 0 Å². The van der Waals surface area contributed by atoms with Gasteiger partial charge < -0.3 is 10.1 Å². The maximum absolute atomic E-state index is 11.2. The topological polar surface area (TPSA) is 90.2 Å². The van der Waals surface area contributed by atoms with Crippen LogP contribution in [0.15, 0.2) is 17.8 Å². The monoisotopic (exact) mass is 306 g/mol. The normalized spacial score (nSPS) is 17.1. The molecule has 0 fully saturated rings. The van der Waals surface area contributed by atoms with Crippen molar-refractivity contribution in [2.24, 2.45) is 0 Å². The van der Waals surface area contributed by atoms with Crippen LogP contribution in [0, 0.1) is 10.1 Å². The van der Waals surface area contributed by atoms with Gasteiger partial charge in [0, 0.05) is 4.88 Å². The summed E-state index contributed by atoms with van der Waals surface area (Å²) in [5.41, 5.74) is 0.987. The van der Waals surface area contributed by atoms with Crippen LogP contribution in [0.4, 0.5) is 11.5 Å². The molecule has 110 valence electrons. The number of hydrogen-bond acceptors (Lipinski definition) is 7. The van der Waals surface area contributed by atoms with Crippen LogP contribution in [0.1, 0.15) is 29.3 Å². The summed E-state index contributed by atoms with van der Waals surface area (Å²) in [6.07, 6.45) is 4.32. The maximum Gasteiger partial charge on any atom is 0.372 e. The summed E-state index contributed by atoms with van der Waals surface area (Å²) < 4.78 is 4.96. The fraction of sp³-hybridized carbons (Fsp3) is 0.385. The van der Waals surface area contributed by atoms with Crippen molar-refractivity contribution in [3.05, 3.63) is 38.3 Å². The van der Waals surface area contributed by atoms with Crippen LogP contribution in [-0.2, 0) is 6.42 Å². The van der Waals surface area contributed by atoms with Crippen LogP contribution in [0.25, 0.3) is 0 Å². The van der Waals surface area contributed by atoms with Gasteiger partial charge in [-0.2, -0.15) is 4.98 Å². The molecule has 2 heterocycles. The number of ether oxygens (including phenoxy) is 1. The molecule has 0 saturated heterocycles. The number of nitrogens with one attached hydrogen (secondary N) is 1. The molecule has 0 saturated carbocycles. The minimum Gasteiger partial charge on any atom is -0.476 e. The molecule has 1 aliphatic rings. The Morgan fingerprint density at radius 3 is 3.14 bits per heavy atom. The van der Waals surface area contributed by atoms with Crippen molar-refractivity contribution in [3.8, 4) is 5.88 Å². The van der Waals surface area contributed by atoms with Gasteiger partial charge in [-0.25, -0.2) is 4.98 Å². The Balaban J connectivity index is 1.95. The first-order valence-corrected chi connectivity index (χ1v) is 7.45. The molecule has 0 bridgehead atoms. The van der Waals surface area contributed by atoms with Gasteiger partial charge in [-0.05, 0) is 36.3 Å². The van der Waals surface area contributed by atoms with E-state index in [9.17, 15) is 10.1 Å². The van der Waals surface area contributed by atoms with Crippen molar-refractivity contribution in [2.75, 3.05) is 12.4 Å². The van der Waals surface area contributed by atoms with E-state index in [1.54, 1.807) is 11.3 Å². The van der Waals surface area contributed by atoms with E-state index < -0.39 is 4.92 Å². The second-order valence-corrected chi connectivity index (χ2v) is 5.73. The smallest absolute Gasteiger partial charge is 0.372 e. The largest absolute Gasteiger partial charge is 0.476 e. The van der Waals surface area contributed by atoms with Crippen molar-refractivity contribution < 1.29 is 9.66 Å². The fourth-order valence-corrected chi connectivity index (χ4v) is 3.57. The first kappa shape index (κ1) is 13.7. The van der Waals surface area contributed by atoms with Gasteiger partial charge >= 0.3 is 5.69 Å². The highest BCUT2D eigenvalue weighted by molar-refractivity contribution is 7.10. The summed E-state index contributed by atoms with van der Waals surface area (Å²) in [6, 6.07) is 2.11. The van der Waals surface area contributed by atoms with Crippen molar-refractivity contribution in [1.29, 1.82) is 0 Å². The molecule has 0 aliphatic heterocycles. The average Bonchev–Trinajstić information content (AvgIpc) is 2.96. The molecule has 7 nitrogen and oxygen atoms in total. The molecule has 21 heavy (non-hydrogen) atoms. The zero-order valence-electron chi connectivity index (χ0n) is 11.4. The maximum atomic E-state index is 11.2. The van der Waals surface area contributed by atoms with E-state index in [0.717, 1.165) is 19.3 Å². The number of aryl methyl sites for hydroxylation is 1. The number of hydrogen-bond donors (Lipinski definition) is 1. The molecule has 1 N–H and O–H groups in total. The van der Waals surface area contributed by atoms with Gasteiger partial charge in [0.1, 0.15) is 6.33 Å². The quantitative estimate of drug-likeness (QED) is 0.690. The third kappa shape index (κ3) is 2.54. The van der Waals surface area contributed by atoms with E-state index in [2.05, 4.69) is 26.7 Å². The third-order valence-corrected chi connectivity index (χ3v) is 4.52. The predicted octanol–water partition coefficient (Wildman–Crippen LogP) is 2.94. The first-order valence-electron chi connectivity index (χ1n) is 6.57. The Labute approximate surface area is 125 Å². The molecule has 3 rings (SSSR count). The van der Waals surface area contributed by atoms with Gasteiger partial charge in [-0.3, -0.25) is 10.1 Å². The van der Waals surface area contributed by atoms with Crippen molar-refractivity contribution in [1.82, 2.24) is 9.97 Å². The van der Waals surface area contributed by atoms with Gasteiger partial charge in [-0.15, -0.1) is 11.3 Å². The molecule has 1 atom stereocenters. The number of rotatable bonds is 4. The van der Waals surface area contributed by atoms with Crippen LogP contribution in [-0.4, -0.2) is 22.0 Å². The summed E-state index contributed by atoms with van der Waals surface area (Å²) in [5, 5.41) is 16.5. The number of methoxy groups -OCH3 is 1. The molecule has 8 heteroatoms. The van der Waals surface area contributed by atoms with Crippen LogP contribution < -0.4 is 10.1 Å². The molecule has 1 aliphatic carbocycles. The molecule has 2 aromatic rings. The van der Waals surface area contributed by atoms with Crippen molar-refractivity contribution in [3.63, 3.8) is 0 Å². The number of fused-ring (bicyclic) bond motifs is 1. The summed E-state index contributed by atoms with van der Waals surface area (Å²) in [5.74, 6) is 0.176. The number of nitrogens with zero attached hydrogens (tertiary/aromatic N) is 3. The van der Waals surface area contributed by atoms with Gasteiger partial charge in [0.25, 0.3) is 5.88 Å². The van der Waals surface area contributed by atoms with Gasteiger partial charge in [0.2, 0.25) is 5.82 Å². The van der Waals surface area contributed by atoms with Gasteiger partial charge in [0.05, 0.1) is 18.1 Å². The second-order valence-electron chi connectivity index (χ2n) is 4.73. The Hall–Kier alpha value is -2.22. The van der Waals surface area contributed by atoms with Crippen molar-refractivity contribution >= 4 is 22.8 Å². The van der Waals surface area contributed by atoms with E-state index in [1.807, 2.05) is 0 Å². The minimum absolute atomic E-state index is 0.0288. The number of aromatic nitrogens is 2. The summed E-state index contributed by atoms with van der Waals surface area (Å²) in [4.78, 5) is 19.9. The zero-order valence-corrected chi connectivity index (χ0v) is 12.2. The van der Waals surface area contributed by atoms with E-state index >= 15 is 0 Å². The third-order valence-electron chi connectivity index (χ3n) is 3.53. The molecule has 0 spiro atoms. The molecule has 1 unspecified atom stereocenters. The fourth-order valence-electron chi connectivity index (χ4n) is 2.58. The number of nitro groups is 1. The molecular weight excluding hydrogens is 292 g/mol. The zero-order chi connectivity index (χ0) is 14.8. The lowest BCUT2D eigenvalue weighted by Gasteiger charge is -2.24. The molecule has 2 aromatic heterocycles. The Morgan fingerprint density at radius 2 is 2.38 bits per heavy atom. The van der Waals surface area contributed by atoms with Crippen LogP contribution in [0.3, 0.4) is 0 Å². The average molecular weight is 306 g/mol. The predicted molar refractivity (Wildman–Crippen MR) is 78.9 cm³/mol. The molecular formula is C13H14N4O3S. The van der Waals surface area contributed by atoms with Gasteiger partial charge in [-0.1, -0.05) is 0 Å². The van der Waals surface area contributed by atoms with Crippen LogP contribution >= 0.6 is 11.3 Å². The Bertz CT molecular complexity index is 673. The van der Waals surface area contributed by atoms with Crippen molar-refractivity contribution in [2.45, 2.75) is 25.3 Å². The second kappa shape index (κ2) is 5.65. The summed E-state index contributed by atoms with van der Waals surface area (Å²) in [7, 11) is 1.36. The standard InChI is InChI=1S/C13H14N4O3S/c1-20-13-11(17(18)19)12(14-7-15-13)16-9-3-2-4-10-8(9)5-6-21-10/h5-7,9H,2-4H2,1H3,(H,14,15,16). The van der Waals surface area contributed by atoms with Crippen LogP contribution in [0.2, 0.25) is 0 Å². The Kier molecular flexibility index (Phi) is 3.70. The first-order chi connectivity index (χ1) is 10.2. The minimum atomic E-state index is -0.515. The summed E-state index contributed by atoms with van der Waals surface area (Å²) in [6.45, 7) is 0. The Morgan fingerprint density at radius 1 is 1.52 bits per heavy atom.